The van der Waals surface area contributed by atoms with Crippen LogP contribution >= 0.6 is 23.2 Å². The quantitative estimate of drug-likeness (QED) is 0.00546. The van der Waals surface area contributed by atoms with Gasteiger partial charge in [-0.25, -0.2) is 9.59 Å². The predicted molar refractivity (Wildman–Crippen MR) is 445 cm³/mol. The van der Waals surface area contributed by atoms with Crippen LogP contribution in [0.2, 0.25) is 10.0 Å². The van der Waals surface area contributed by atoms with Gasteiger partial charge in [0, 0.05) is 78.9 Å². The maximum atomic E-state index is 12.0. The average molecular weight is 1680 g/mol. The van der Waals surface area contributed by atoms with Crippen molar-refractivity contribution < 1.29 is 126 Å². The SMILES string of the molecule is CCCC(=O)CC(=O)OC.CCCC(=O)CC(=O)OC.CCCC(=O)CC(=O)OC.CCCC(=O)c1cc2c(ccc3ccc(=O)cc32)oc1O.CCCC(=O)c1cc2cc(Cl)c(O)cc2oc1=O.CCCC(=O)c1cc2ccc(O)cc2oc1=O.O=Cc1cc(Cl)c(O)cc1O.O=Cc1ccc(O)cc1O.Oc1ccc2ccc(O)cc2c1. The van der Waals surface area contributed by atoms with E-state index in [9.17, 15) is 82.4 Å². The Bertz CT molecular complexity index is 5470. The minimum absolute atomic E-state index is 0.0195. The highest BCUT2D eigenvalue weighted by Gasteiger charge is 2.19. The van der Waals surface area contributed by atoms with Gasteiger partial charge in [-0.05, 0) is 157 Å². The van der Waals surface area contributed by atoms with Crippen molar-refractivity contribution in [3.8, 4) is 51.9 Å². The number of carbonyl (C=O) groups is 11. The third-order valence-electron chi connectivity index (χ3n) is 16.0. The van der Waals surface area contributed by atoms with Crippen LogP contribution in [-0.4, -0.2) is 132 Å². The van der Waals surface area contributed by atoms with E-state index in [1.54, 1.807) is 48.5 Å². The molecule has 632 valence electrons. The number of aldehydes is 2. The van der Waals surface area contributed by atoms with Crippen molar-refractivity contribution in [2.24, 2.45) is 0 Å². The number of ketones is 6. The second-order valence-corrected chi connectivity index (χ2v) is 26.3. The number of ether oxygens (including phenoxy) is 3. The summed E-state index contributed by atoms with van der Waals surface area (Å²) in [6.07, 6.45) is 7.51. The number of fused-ring (bicyclic) bond motifs is 6. The third kappa shape index (κ3) is 33.7. The first-order valence-corrected chi connectivity index (χ1v) is 37.6. The molecule has 0 aliphatic heterocycles. The van der Waals surface area contributed by atoms with Gasteiger partial charge in [-0.15, -0.1) is 0 Å². The van der Waals surface area contributed by atoms with Gasteiger partial charge in [0.05, 0.1) is 48.1 Å². The first-order valence-electron chi connectivity index (χ1n) is 36.8. The fourth-order valence-corrected chi connectivity index (χ4v) is 10.5. The highest BCUT2D eigenvalue weighted by Crippen LogP contribution is 2.34. The molecule has 8 aromatic carbocycles. The number of phenolic OH excluding ortho intramolecular Hbond substituents is 8. The topological polar surface area (TPSA) is 488 Å². The van der Waals surface area contributed by atoms with Crippen molar-refractivity contribution in [3.05, 3.63) is 215 Å². The summed E-state index contributed by atoms with van der Waals surface area (Å²) >= 11 is 11.2. The Morgan fingerprint density at radius 3 is 1.18 bits per heavy atom. The Balaban J connectivity index is 0.000000352. The Kier molecular flexibility index (Phi) is 43.1. The smallest absolute Gasteiger partial charge is 0.347 e. The Hall–Kier alpha value is -13.5. The predicted octanol–water partition coefficient (Wildman–Crippen LogP) is 16.7. The zero-order valence-electron chi connectivity index (χ0n) is 66.6. The summed E-state index contributed by atoms with van der Waals surface area (Å²) in [7, 11) is 3.84. The summed E-state index contributed by atoms with van der Waals surface area (Å²) in [5, 5.41) is 87.8. The molecule has 0 aliphatic carbocycles. The molecule has 11 aromatic rings. The molecule has 0 amide bonds. The molecule has 3 heterocycles. The van der Waals surface area contributed by atoms with Crippen LogP contribution in [0.4, 0.5) is 0 Å². The molecule has 0 bridgehead atoms. The van der Waals surface area contributed by atoms with Crippen molar-refractivity contribution in [2.75, 3.05) is 21.3 Å². The molecule has 0 saturated carbocycles. The number of rotatable bonds is 23. The lowest BCUT2D eigenvalue weighted by atomic mass is 10.0. The Labute approximate surface area is 691 Å². The van der Waals surface area contributed by atoms with Gasteiger partial charge in [-0.2, -0.15) is 0 Å². The zero-order chi connectivity index (χ0) is 89.2. The zero-order valence-corrected chi connectivity index (χ0v) is 68.1. The normalized spacial score (nSPS) is 10.1. The van der Waals surface area contributed by atoms with E-state index in [1.165, 1.54) is 88.1 Å². The number of hydrogen-bond donors (Lipinski definition) is 9. The fourth-order valence-electron chi connectivity index (χ4n) is 10.1. The van der Waals surface area contributed by atoms with Crippen LogP contribution in [0.5, 0.6) is 51.9 Å². The molecule has 119 heavy (non-hydrogen) atoms. The van der Waals surface area contributed by atoms with Gasteiger partial charge in [-0.3, -0.25) is 57.5 Å². The van der Waals surface area contributed by atoms with Gasteiger partial charge in [0.2, 0.25) is 0 Å². The fraction of sp³-hybridized carbons (Fsp3) is 0.273. The monoisotopic (exact) mass is 1680 g/mol. The average Bonchev–Trinajstić information content (AvgIpc) is 0.774. The third-order valence-corrected chi connectivity index (χ3v) is 16.6. The summed E-state index contributed by atoms with van der Waals surface area (Å²) < 4.78 is 28.3. The molecule has 29 nitrogen and oxygen atoms in total. The van der Waals surface area contributed by atoms with Crippen LogP contribution in [-0.2, 0) is 43.0 Å². The van der Waals surface area contributed by atoms with Crippen LogP contribution < -0.4 is 16.7 Å². The van der Waals surface area contributed by atoms with Crippen molar-refractivity contribution in [3.63, 3.8) is 0 Å². The molecule has 0 unspecified atom stereocenters. The van der Waals surface area contributed by atoms with Crippen molar-refractivity contribution in [2.45, 2.75) is 138 Å². The van der Waals surface area contributed by atoms with Gasteiger partial charge in [0.25, 0.3) is 5.95 Å². The number of carbonyl (C=O) groups excluding carboxylic acids is 11. The molecule has 0 saturated heterocycles. The number of methoxy groups -OCH3 is 3. The molecule has 0 radical (unpaired) electrons. The number of Topliss-reactive ketones (excluding diaryl/α,β-unsaturated/α-hetero) is 6. The van der Waals surface area contributed by atoms with Gasteiger partial charge in [0.1, 0.15) is 110 Å². The van der Waals surface area contributed by atoms with E-state index in [0.29, 0.717) is 97.5 Å². The number of phenols is 8. The minimum Gasteiger partial charge on any atom is -0.508 e. The number of esters is 3. The summed E-state index contributed by atoms with van der Waals surface area (Å²) in [5.74, 6) is -2.97. The van der Waals surface area contributed by atoms with E-state index >= 15 is 0 Å². The first kappa shape index (κ1) is 99.7. The molecule has 0 aliphatic rings. The van der Waals surface area contributed by atoms with Crippen LogP contribution in [0.3, 0.4) is 0 Å². The number of hydrogen-bond acceptors (Lipinski definition) is 29. The Morgan fingerprint density at radius 2 is 0.723 bits per heavy atom. The van der Waals surface area contributed by atoms with Gasteiger partial charge in [-0.1, -0.05) is 89.0 Å². The highest BCUT2D eigenvalue weighted by molar-refractivity contribution is 6.33. The second kappa shape index (κ2) is 51.4. The summed E-state index contributed by atoms with van der Waals surface area (Å²) in [6, 6.07) is 36.1. The molecule has 9 N–H and O–H groups in total. The lowest BCUT2D eigenvalue weighted by Crippen LogP contribution is -2.13. The van der Waals surface area contributed by atoms with Crippen molar-refractivity contribution >= 4 is 143 Å². The van der Waals surface area contributed by atoms with Crippen LogP contribution in [0.1, 0.15) is 190 Å². The number of benzene rings is 8. The summed E-state index contributed by atoms with van der Waals surface area (Å²) in [6.45, 7) is 11.3. The molecule has 11 rings (SSSR count). The molecule has 0 atom stereocenters. The van der Waals surface area contributed by atoms with E-state index in [0.717, 1.165) is 47.6 Å². The van der Waals surface area contributed by atoms with Crippen LogP contribution in [0.15, 0.2) is 173 Å². The lowest BCUT2D eigenvalue weighted by molar-refractivity contribution is -0.144. The molecule has 31 heteroatoms. The van der Waals surface area contributed by atoms with E-state index in [-0.39, 0.29) is 160 Å². The minimum atomic E-state index is -0.692. The van der Waals surface area contributed by atoms with Gasteiger partial charge < -0.3 is 73.4 Å². The lowest BCUT2D eigenvalue weighted by Gasteiger charge is -2.07. The van der Waals surface area contributed by atoms with Crippen molar-refractivity contribution in [1.82, 2.24) is 0 Å². The molecule has 3 aromatic heterocycles. The Morgan fingerprint density at radius 1 is 0.336 bits per heavy atom. The van der Waals surface area contributed by atoms with Crippen molar-refractivity contribution in [1.29, 1.82) is 0 Å². The van der Waals surface area contributed by atoms with E-state index in [2.05, 4.69) is 14.2 Å². The highest BCUT2D eigenvalue weighted by atomic mass is 35.5. The van der Waals surface area contributed by atoms with E-state index in [1.807, 2.05) is 59.7 Å². The molecule has 0 spiro atoms. The molecule has 0 fully saturated rings. The first-order chi connectivity index (χ1) is 56.5. The van der Waals surface area contributed by atoms with E-state index in [4.69, 9.17) is 67.1 Å². The summed E-state index contributed by atoms with van der Waals surface area (Å²) in [5.41, 5.74) is -0.0275. The molecular weight excluding hydrogens is 1590 g/mol. The molecular formula is C88H92Cl2O29. The second-order valence-electron chi connectivity index (χ2n) is 25.5. The van der Waals surface area contributed by atoms with Crippen LogP contribution in [0.25, 0.3) is 54.5 Å². The van der Waals surface area contributed by atoms with Gasteiger partial charge in [0.15, 0.2) is 35.4 Å². The standard InChI is InChI=1S/C17H14O4.C13H11ClO4.C13H12O4.C10H8O2.C7H5ClO3.C7H6O3.3C7H12O3/c1-2-3-15(19)14-9-13-12-8-11(18)6-4-10(12)5-7-16(13)21-17(14)20;1-2-3-10(15)8-4-7-5-9(14)11(16)6-12(7)18-13(8)17;1-2-3-11(15)10-6-8-4-5-9(14)7-12(8)17-13(10)16;11-9-3-1-7-2-4-10(12)6-8(7)5-9;8-5-1-4(3-9)6(10)2-7(5)11;8-4-5-1-2-6(9)3-7(5)10;3*1-3-4-6(8)5-7(9)10-2/h4-9,20H,2-3H2,1H3;4-6,16H,2-3H2,1H3;4-7,14H,2-3H2,1H3;1-6,11-12H;1-3,10-11H;1-4,9-10H;3*3-5H2,1-2H3. The van der Waals surface area contributed by atoms with E-state index < -0.39 is 29.2 Å². The maximum absolute atomic E-state index is 12.0. The van der Waals surface area contributed by atoms with Gasteiger partial charge >= 0.3 is 29.2 Å². The summed E-state index contributed by atoms with van der Waals surface area (Å²) in [4.78, 5) is 154. The number of aromatic hydroxyl groups is 9. The number of halogens is 2. The maximum Gasteiger partial charge on any atom is 0.347 e. The largest absolute Gasteiger partial charge is 0.508 e. The van der Waals surface area contributed by atoms with Crippen LogP contribution in [0, 0.1) is 0 Å².